The molecule has 1 saturated heterocycles. The van der Waals surface area contributed by atoms with E-state index in [1.807, 2.05) is 36.4 Å². The van der Waals surface area contributed by atoms with Gasteiger partial charge in [-0.3, -0.25) is 14.6 Å². The third-order valence-electron chi connectivity index (χ3n) is 5.67. The number of halogens is 1. The fraction of sp³-hybridized carbons (Fsp3) is 0.250. The number of piperazine rings is 1. The molecule has 7 heteroatoms. The van der Waals surface area contributed by atoms with Crippen LogP contribution in [-0.2, 0) is 13.1 Å². The number of nitrogens with zero attached hydrogens (tertiary/aromatic N) is 3. The average Bonchev–Trinajstić information content (AvgIpc) is 3.22. The van der Waals surface area contributed by atoms with Gasteiger partial charge in [0, 0.05) is 42.6 Å². The highest BCUT2D eigenvalue weighted by molar-refractivity contribution is 7.21. The van der Waals surface area contributed by atoms with Gasteiger partial charge in [0.2, 0.25) is 0 Å². The number of hydrogen-bond donors (Lipinski definition) is 1. The molecule has 2 aromatic carbocycles. The number of aromatic nitrogens is 2. The molecule has 31 heavy (non-hydrogen) atoms. The smallest absolute Gasteiger partial charge is 0.259 e. The number of rotatable bonds is 5. The summed E-state index contributed by atoms with van der Waals surface area (Å²) in [5, 5.41) is 1.44. The Hall–Kier alpha value is -2.51. The zero-order chi connectivity index (χ0) is 21.2. The predicted molar refractivity (Wildman–Crippen MR) is 128 cm³/mol. The minimum absolute atomic E-state index is 0.0557. The van der Waals surface area contributed by atoms with Crippen LogP contribution in [0.4, 0.5) is 0 Å². The van der Waals surface area contributed by atoms with Crippen LogP contribution in [0.1, 0.15) is 11.4 Å². The highest BCUT2D eigenvalue weighted by Crippen LogP contribution is 2.30. The van der Waals surface area contributed by atoms with E-state index in [4.69, 9.17) is 16.6 Å². The summed E-state index contributed by atoms with van der Waals surface area (Å²) < 4.78 is 0. The second kappa shape index (κ2) is 8.93. The van der Waals surface area contributed by atoms with Gasteiger partial charge >= 0.3 is 0 Å². The fourth-order valence-corrected chi connectivity index (χ4v) is 5.14. The molecule has 0 aliphatic carbocycles. The van der Waals surface area contributed by atoms with Gasteiger partial charge in [-0.1, -0.05) is 54.1 Å². The van der Waals surface area contributed by atoms with Gasteiger partial charge in [-0.25, -0.2) is 4.98 Å². The lowest BCUT2D eigenvalue weighted by Crippen LogP contribution is -2.45. The minimum Gasteiger partial charge on any atom is -0.309 e. The lowest BCUT2D eigenvalue weighted by molar-refractivity contribution is 0.120. The van der Waals surface area contributed by atoms with E-state index in [0.717, 1.165) is 58.8 Å². The van der Waals surface area contributed by atoms with E-state index in [1.54, 1.807) is 11.3 Å². The number of hydrogen-bond acceptors (Lipinski definition) is 5. The predicted octanol–water partition coefficient (Wildman–Crippen LogP) is 4.62. The molecular formula is C24H23ClN4OS. The van der Waals surface area contributed by atoms with E-state index >= 15 is 0 Å². The molecule has 5 rings (SSSR count). The van der Waals surface area contributed by atoms with Gasteiger partial charge in [-0.05, 0) is 29.3 Å². The zero-order valence-electron chi connectivity index (χ0n) is 17.1. The zero-order valence-corrected chi connectivity index (χ0v) is 18.6. The number of aromatic amines is 1. The Bertz CT molecular complexity index is 1230. The Balaban J connectivity index is 1.25. The van der Waals surface area contributed by atoms with E-state index < -0.39 is 0 Å². The summed E-state index contributed by atoms with van der Waals surface area (Å²) in [6.07, 6.45) is 0. The maximum Gasteiger partial charge on any atom is 0.259 e. The quantitative estimate of drug-likeness (QED) is 0.482. The summed E-state index contributed by atoms with van der Waals surface area (Å²) in [7, 11) is 0. The van der Waals surface area contributed by atoms with Gasteiger partial charge in [-0.2, -0.15) is 0 Å². The summed E-state index contributed by atoms with van der Waals surface area (Å²) >= 11 is 7.56. The maximum absolute atomic E-state index is 12.6. The normalized spacial score (nSPS) is 15.5. The molecule has 0 radical (unpaired) electrons. The molecule has 3 heterocycles. The Morgan fingerprint density at radius 3 is 2.32 bits per heavy atom. The van der Waals surface area contributed by atoms with E-state index in [2.05, 4.69) is 39.0 Å². The highest BCUT2D eigenvalue weighted by Gasteiger charge is 2.19. The molecule has 1 N–H and O–H groups in total. The van der Waals surface area contributed by atoms with E-state index in [0.29, 0.717) is 11.9 Å². The molecule has 0 saturated carbocycles. The first-order valence-corrected chi connectivity index (χ1v) is 11.6. The van der Waals surface area contributed by atoms with Crippen molar-refractivity contribution >= 4 is 33.2 Å². The lowest BCUT2D eigenvalue weighted by Gasteiger charge is -2.34. The Labute approximate surface area is 189 Å². The van der Waals surface area contributed by atoms with Crippen LogP contribution >= 0.6 is 22.9 Å². The molecule has 1 fully saturated rings. The van der Waals surface area contributed by atoms with Crippen molar-refractivity contribution in [1.29, 1.82) is 0 Å². The standard InChI is InChI=1S/C24H23ClN4OS/c25-19-8-6-17(7-9-19)15-28-10-12-29(13-11-28)16-22-26-23(30)20-14-21(31-24(20)27-22)18-4-2-1-3-5-18/h1-9,14H,10-13,15-16H2,(H,26,27,30). The van der Waals surface area contributed by atoms with Crippen LogP contribution < -0.4 is 5.56 Å². The van der Waals surface area contributed by atoms with Gasteiger partial charge in [0.15, 0.2) is 0 Å². The van der Waals surface area contributed by atoms with Crippen LogP contribution in [0.3, 0.4) is 0 Å². The second-order valence-corrected chi connectivity index (χ2v) is 9.35. The topological polar surface area (TPSA) is 52.2 Å². The summed E-state index contributed by atoms with van der Waals surface area (Å²) in [4.78, 5) is 27.1. The van der Waals surface area contributed by atoms with Crippen molar-refractivity contribution in [3.8, 4) is 10.4 Å². The van der Waals surface area contributed by atoms with Crippen molar-refractivity contribution in [2.75, 3.05) is 26.2 Å². The molecule has 4 aromatic rings. The van der Waals surface area contributed by atoms with Crippen LogP contribution in [0.15, 0.2) is 65.5 Å². The average molecular weight is 451 g/mol. The molecule has 1 aliphatic heterocycles. The first-order chi connectivity index (χ1) is 15.1. The molecule has 0 bridgehead atoms. The maximum atomic E-state index is 12.6. The highest BCUT2D eigenvalue weighted by atomic mass is 35.5. The first-order valence-electron chi connectivity index (χ1n) is 10.4. The Morgan fingerprint density at radius 1 is 0.935 bits per heavy atom. The third-order valence-corrected chi connectivity index (χ3v) is 7.00. The van der Waals surface area contributed by atoms with Crippen LogP contribution in [0.25, 0.3) is 20.7 Å². The van der Waals surface area contributed by atoms with Crippen LogP contribution in [0.5, 0.6) is 0 Å². The monoisotopic (exact) mass is 450 g/mol. The molecular weight excluding hydrogens is 428 g/mol. The second-order valence-electron chi connectivity index (χ2n) is 7.89. The van der Waals surface area contributed by atoms with Gasteiger partial charge in [0.05, 0.1) is 11.9 Å². The number of nitrogens with one attached hydrogen (secondary N) is 1. The third kappa shape index (κ3) is 4.72. The van der Waals surface area contributed by atoms with Crippen molar-refractivity contribution in [2.45, 2.75) is 13.1 Å². The fourth-order valence-electron chi connectivity index (χ4n) is 3.96. The summed E-state index contributed by atoms with van der Waals surface area (Å²) in [6, 6.07) is 20.1. The summed E-state index contributed by atoms with van der Waals surface area (Å²) in [6.45, 7) is 5.49. The number of fused-ring (bicyclic) bond motifs is 1. The Morgan fingerprint density at radius 2 is 1.61 bits per heavy atom. The van der Waals surface area contributed by atoms with E-state index in [9.17, 15) is 4.79 Å². The van der Waals surface area contributed by atoms with Gasteiger partial charge in [-0.15, -0.1) is 11.3 Å². The van der Waals surface area contributed by atoms with E-state index in [1.165, 1.54) is 5.56 Å². The molecule has 0 amide bonds. The molecule has 0 unspecified atom stereocenters. The molecule has 2 aromatic heterocycles. The molecule has 158 valence electrons. The molecule has 1 aliphatic rings. The number of H-pyrrole nitrogens is 1. The van der Waals surface area contributed by atoms with Crippen molar-refractivity contribution in [3.05, 3.63) is 87.4 Å². The van der Waals surface area contributed by atoms with Crippen molar-refractivity contribution < 1.29 is 0 Å². The first kappa shape index (κ1) is 20.4. The molecule has 5 nitrogen and oxygen atoms in total. The van der Waals surface area contributed by atoms with Crippen LogP contribution in [0, 0.1) is 0 Å². The minimum atomic E-state index is -0.0557. The lowest BCUT2D eigenvalue weighted by atomic mass is 10.2. The van der Waals surface area contributed by atoms with Gasteiger partial charge in [0.25, 0.3) is 5.56 Å². The largest absolute Gasteiger partial charge is 0.309 e. The number of thiophene rings is 1. The van der Waals surface area contributed by atoms with Crippen molar-refractivity contribution in [3.63, 3.8) is 0 Å². The van der Waals surface area contributed by atoms with Crippen LogP contribution in [-0.4, -0.2) is 45.9 Å². The van der Waals surface area contributed by atoms with Crippen molar-refractivity contribution in [1.82, 2.24) is 19.8 Å². The molecule has 0 spiro atoms. The number of benzene rings is 2. The summed E-state index contributed by atoms with van der Waals surface area (Å²) in [5.74, 6) is 0.741. The van der Waals surface area contributed by atoms with E-state index in [-0.39, 0.29) is 5.56 Å². The Kier molecular flexibility index (Phi) is 5.87. The van der Waals surface area contributed by atoms with Crippen molar-refractivity contribution in [2.24, 2.45) is 0 Å². The molecule has 0 atom stereocenters. The SMILES string of the molecule is O=c1[nH]c(CN2CCN(Cc3ccc(Cl)cc3)CC2)nc2sc(-c3ccccc3)cc12. The summed E-state index contributed by atoms with van der Waals surface area (Å²) in [5.41, 5.74) is 2.34. The van der Waals surface area contributed by atoms with Crippen LogP contribution in [0.2, 0.25) is 5.02 Å². The van der Waals surface area contributed by atoms with Gasteiger partial charge in [0.1, 0.15) is 10.7 Å². The van der Waals surface area contributed by atoms with Gasteiger partial charge < -0.3 is 4.98 Å².